The summed E-state index contributed by atoms with van der Waals surface area (Å²) in [6, 6.07) is 5.56. The monoisotopic (exact) mass is 368 g/mol. The van der Waals surface area contributed by atoms with Crippen LogP contribution in [0.25, 0.3) is 6.08 Å². The third kappa shape index (κ3) is 4.21. The van der Waals surface area contributed by atoms with Crippen molar-refractivity contribution in [3.05, 3.63) is 56.0 Å². The number of benzene rings is 1. The van der Waals surface area contributed by atoms with E-state index < -0.39 is 28.6 Å². The summed E-state index contributed by atoms with van der Waals surface area (Å²) in [5.74, 6) is -2.03. The van der Waals surface area contributed by atoms with Crippen molar-refractivity contribution >= 4 is 52.2 Å². The van der Waals surface area contributed by atoms with Crippen LogP contribution in [-0.2, 0) is 9.59 Å². The van der Waals surface area contributed by atoms with Gasteiger partial charge in [-0.05, 0) is 41.6 Å². The number of non-ortho nitro benzene ring substituents is 1. The minimum absolute atomic E-state index is 0.00408. The number of carbonyl (C=O) groups excluding carboxylic acids is 2. The van der Waals surface area contributed by atoms with Crippen LogP contribution in [0.5, 0.6) is 0 Å². The molecule has 0 unspecified atom stereocenters. The first kappa shape index (κ1) is 17.7. The summed E-state index contributed by atoms with van der Waals surface area (Å²) < 4.78 is 0. The van der Waals surface area contributed by atoms with E-state index in [2.05, 4.69) is 0 Å². The van der Waals surface area contributed by atoms with E-state index in [-0.39, 0.29) is 15.6 Å². The number of nitrogens with zero attached hydrogens (tertiary/aromatic N) is 2. The molecule has 10 heteroatoms. The van der Waals surface area contributed by atoms with Crippen LogP contribution >= 0.6 is 23.4 Å². The van der Waals surface area contributed by atoms with E-state index in [1.807, 2.05) is 0 Å². The molecule has 0 aliphatic carbocycles. The summed E-state index contributed by atoms with van der Waals surface area (Å²) in [5, 5.41) is 18.7. The van der Waals surface area contributed by atoms with Crippen molar-refractivity contribution in [1.29, 1.82) is 0 Å². The molecule has 0 atom stereocenters. The molecule has 1 aliphatic heterocycles. The molecule has 8 nitrogen and oxygen atoms in total. The molecule has 0 radical (unpaired) electrons. The SMILES string of the molecule is O=C(O)CN1C(=O)SC(=C/C(Cl)=C/c2ccc([N+](=O)[O-])cc2)C1=O. The van der Waals surface area contributed by atoms with Crippen LogP contribution in [0.1, 0.15) is 5.56 Å². The lowest BCUT2D eigenvalue weighted by molar-refractivity contribution is -0.384. The molecular formula is C14H9ClN2O6S. The van der Waals surface area contributed by atoms with E-state index in [0.717, 1.165) is 0 Å². The number of carboxylic acids is 1. The molecule has 124 valence electrons. The summed E-state index contributed by atoms with van der Waals surface area (Å²) >= 11 is 6.59. The van der Waals surface area contributed by atoms with E-state index in [9.17, 15) is 24.5 Å². The van der Waals surface area contributed by atoms with Crippen molar-refractivity contribution in [2.75, 3.05) is 6.54 Å². The number of allylic oxidation sites excluding steroid dienone is 2. The van der Waals surface area contributed by atoms with Gasteiger partial charge in [-0.1, -0.05) is 11.6 Å². The fraction of sp³-hybridized carbons (Fsp3) is 0.0714. The fourth-order valence-electron chi connectivity index (χ4n) is 1.79. The predicted octanol–water partition coefficient (Wildman–Crippen LogP) is 2.84. The summed E-state index contributed by atoms with van der Waals surface area (Å²) in [5.41, 5.74) is 0.490. The zero-order chi connectivity index (χ0) is 17.9. The van der Waals surface area contributed by atoms with Crippen LogP contribution in [-0.4, -0.2) is 38.6 Å². The van der Waals surface area contributed by atoms with Crippen molar-refractivity contribution in [3.8, 4) is 0 Å². The number of hydrogen-bond acceptors (Lipinski definition) is 6. The maximum absolute atomic E-state index is 12.0. The molecule has 1 aliphatic rings. The van der Waals surface area contributed by atoms with Gasteiger partial charge < -0.3 is 5.11 Å². The highest BCUT2D eigenvalue weighted by molar-refractivity contribution is 8.18. The van der Waals surface area contributed by atoms with Crippen LogP contribution in [0.2, 0.25) is 0 Å². The maximum Gasteiger partial charge on any atom is 0.323 e. The van der Waals surface area contributed by atoms with Crippen molar-refractivity contribution in [2.24, 2.45) is 0 Å². The Morgan fingerprint density at radius 1 is 1.33 bits per heavy atom. The largest absolute Gasteiger partial charge is 0.480 e. The average Bonchev–Trinajstić information content (AvgIpc) is 2.75. The first-order chi connectivity index (χ1) is 11.3. The molecule has 0 saturated carbocycles. The number of hydrogen-bond donors (Lipinski definition) is 1. The second kappa shape index (κ2) is 7.28. The summed E-state index contributed by atoms with van der Waals surface area (Å²) in [7, 11) is 0. The molecule has 1 heterocycles. The zero-order valence-electron chi connectivity index (χ0n) is 11.8. The smallest absolute Gasteiger partial charge is 0.323 e. The number of rotatable bonds is 5. The molecule has 0 aromatic heterocycles. The number of thioether (sulfide) groups is 1. The van der Waals surface area contributed by atoms with Gasteiger partial charge in [-0.2, -0.15) is 0 Å². The second-order valence-corrected chi connectivity index (χ2v) is 5.97. The molecule has 2 rings (SSSR count). The Morgan fingerprint density at radius 2 is 1.96 bits per heavy atom. The topological polar surface area (TPSA) is 118 Å². The van der Waals surface area contributed by atoms with Gasteiger partial charge in [0.05, 0.1) is 9.83 Å². The third-order valence-corrected chi connectivity index (χ3v) is 3.97. The molecule has 2 amide bonds. The first-order valence-electron chi connectivity index (χ1n) is 6.37. The molecule has 1 aromatic rings. The first-order valence-corrected chi connectivity index (χ1v) is 7.56. The molecule has 0 spiro atoms. The summed E-state index contributed by atoms with van der Waals surface area (Å²) in [6.45, 7) is -0.717. The third-order valence-electron chi connectivity index (χ3n) is 2.84. The number of imide groups is 1. The van der Waals surface area contributed by atoms with E-state index >= 15 is 0 Å². The Bertz CT molecular complexity index is 787. The van der Waals surface area contributed by atoms with Crippen LogP contribution in [0.15, 0.2) is 40.3 Å². The fourth-order valence-corrected chi connectivity index (χ4v) is 2.92. The van der Waals surface area contributed by atoms with Crippen molar-refractivity contribution in [2.45, 2.75) is 0 Å². The Morgan fingerprint density at radius 3 is 2.50 bits per heavy atom. The standard InChI is InChI=1S/C14H9ClN2O6S/c15-9(5-8-1-3-10(4-2-8)17(22)23)6-11-13(20)16(7-12(18)19)14(21)24-11/h1-6H,7H2,(H,18,19)/b9-5-,11-6?. The molecule has 1 saturated heterocycles. The number of carbonyl (C=O) groups is 3. The van der Waals surface area contributed by atoms with Crippen molar-refractivity contribution in [1.82, 2.24) is 4.90 Å². The highest BCUT2D eigenvalue weighted by Gasteiger charge is 2.36. The number of halogens is 1. The van der Waals surface area contributed by atoms with Crippen LogP contribution in [0.3, 0.4) is 0 Å². The lowest BCUT2D eigenvalue weighted by Gasteiger charge is -2.07. The molecule has 1 aromatic carbocycles. The van der Waals surface area contributed by atoms with Crippen molar-refractivity contribution < 1.29 is 24.4 Å². The molecule has 1 N–H and O–H groups in total. The zero-order valence-corrected chi connectivity index (χ0v) is 13.4. The Kier molecular flexibility index (Phi) is 5.37. The molecule has 24 heavy (non-hydrogen) atoms. The van der Waals surface area contributed by atoms with Crippen molar-refractivity contribution in [3.63, 3.8) is 0 Å². The predicted molar refractivity (Wildman–Crippen MR) is 87.3 cm³/mol. The molecule has 0 bridgehead atoms. The van der Waals surface area contributed by atoms with Gasteiger partial charge in [0.15, 0.2) is 0 Å². The summed E-state index contributed by atoms with van der Waals surface area (Å²) in [6.07, 6.45) is 2.70. The van der Waals surface area contributed by atoms with Gasteiger partial charge in [-0.15, -0.1) is 0 Å². The second-order valence-electron chi connectivity index (χ2n) is 4.54. The van der Waals surface area contributed by atoms with E-state index in [4.69, 9.17) is 16.7 Å². The highest BCUT2D eigenvalue weighted by Crippen LogP contribution is 2.32. The van der Waals surface area contributed by atoms with E-state index in [0.29, 0.717) is 22.2 Å². The van der Waals surface area contributed by atoms with Crippen LogP contribution in [0, 0.1) is 10.1 Å². The lowest BCUT2D eigenvalue weighted by Crippen LogP contribution is -2.33. The normalized spacial score (nSPS) is 16.8. The van der Waals surface area contributed by atoms with Gasteiger partial charge in [0.25, 0.3) is 16.8 Å². The van der Waals surface area contributed by atoms with E-state index in [1.54, 1.807) is 0 Å². The summed E-state index contributed by atoms with van der Waals surface area (Å²) in [4.78, 5) is 44.8. The minimum Gasteiger partial charge on any atom is -0.480 e. The van der Waals surface area contributed by atoms with Gasteiger partial charge in [0, 0.05) is 17.2 Å². The quantitative estimate of drug-likeness (QED) is 0.482. The number of aliphatic carboxylic acids is 1. The Balaban J connectivity index is 2.18. The molecular weight excluding hydrogens is 360 g/mol. The van der Waals surface area contributed by atoms with Gasteiger partial charge in [-0.3, -0.25) is 29.4 Å². The van der Waals surface area contributed by atoms with Gasteiger partial charge in [-0.25, -0.2) is 0 Å². The van der Waals surface area contributed by atoms with E-state index in [1.165, 1.54) is 36.4 Å². The van der Waals surface area contributed by atoms with Gasteiger partial charge in [0.1, 0.15) is 6.54 Å². The average molecular weight is 369 g/mol. The highest BCUT2D eigenvalue weighted by atomic mass is 35.5. The Labute approximate surface area is 144 Å². The number of carboxylic acid groups (broad SMARTS) is 1. The minimum atomic E-state index is -1.30. The maximum atomic E-state index is 12.0. The lowest BCUT2D eigenvalue weighted by atomic mass is 10.2. The van der Waals surface area contributed by atoms with Gasteiger partial charge in [0.2, 0.25) is 0 Å². The molecule has 1 fully saturated rings. The Hall–Kier alpha value is -2.65. The number of nitro groups is 1. The van der Waals surface area contributed by atoms with Crippen LogP contribution < -0.4 is 0 Å². The van der Waals surface area contributed by atoms with Crippen LogP contribution in [0.4, 0.5) is 10.5 Å². The number of amides is 2. The number of nitro benzene ring substituents is 1. The van der Waals surface area contributed by atoms with Gasteiger partial charge >= 0.3 is 5.97 Å².